The summed E-state index contributed by atoms with van der Waals surface area (Å²) in [5.41, 5.74) is 7.61. The lowest BCUT2D eigenvalue weighted by Gasteiger charge is -2.34. The number of carbonyl (C=O) groups excluding carboxylic acids is 1. The molecule has 2 heterocycles. The van der Waals surface area contributed by atoms with E-state index >= 15 is 0 Å². The van der Waals surface area contributed by atoms with Crippen molar-refractivity contribution in [1.29, 1.82) is 0 Å². The maximum absolute atomic E-state index is 10.9. The monoisotopic (exact) mass is 292 g/mol. The summed E-state index contributed by atoms with van der Waals surface area (Å²) in [5.74, 6) is -0.309. The van der Waals surface area contributed by atoms with Crippen molar-refractivity contribution >= 4 is 5.91 Å². The van der Waals surface area contributed by atoms with Gasteiger partial charge in [-0.25, -0.2) is 0 Å². The van der Waals surface area contributed by atoms with Gasteiger partial charge < -0.3 is 10.5 Å². The van der Waals surface area contributed by atoms with Gasteiger partial charge in [-0.1, -0.05) is 6.07 Å². The standard InChI is InChI=1S/C15H24N4O2/c1-12-5-13(7-17-6-12)8-19-3-4-21-14(10-19)9-18(2)11-15(16)20/h5-7,14H,3-4,8-11H2,1-2H3,(H2,16,20). The van der Waals surface area contributed by atoms with E-state index in [1.165, 1.54) is 11.1 Å². The number of rotatable bonds is 6. The third kappa shape index (κ3) is 5.41. The number of pyridine rings is 1. The van der Waals surface area contributed by atoms with Gasteiger partial charge in [-0.2, -0.15) is 0 Å². The van der Waals surface area contributed by atoms with Crippen molar-refractivity contribution < 1.29 is 9.53 Å². The highest BCUT2D eigenvalue weighted by Crippen LogP contribution is 2.11. The summed E-state index contributed by atoms with van der Waals surface area (Å²) < 4.78 is 5.77. The van der Waals surface area contributed by atoms with Crippen molar-refractivity contribution in [3.63, 3.8) is 0 Å². The van der Waals surface area contributed by atoms with Gasteiger partial charge in [0, 0.05) is 38.6 Å². The third-order valence-corrected chi connectivity index (χ3v) is 3.50. The number of carbonyl (C=O) groups is 1. The summed E-state index contributed by atoms with van der Waals surface area (Å²) >= 11 is 0. The normalized spacial score (nSPS) is 19.9. The van der Waals surface area contributed by atoms with Gasteiger partial charge in [0.2, 0.25) is 5.91 Å². The van der Waals surface area contributed by atoms with Gasteiger partial charge in [-0.05, 0) is 25.1 Å². The van der Waals surface area contributed by atoms with Gasteiger partial charge in [-0.15, -0.1) is 0 Å². The van der Waals surface area contributed by atoms with Gasteiger partial charge in [0.1, 0.15) is 0 Å². The van der Waals surface area contributed by atoms with E-state index in [-0.39, 0.29) is 18.6 Å². The largest absolute Gasteiger partial charge is 0.374 e. The Kier molecular flexibility index (Phi) is 5.67. The molecule has 1 aromatic rings. The van der Waals surface area contributed by atoms with E-state index < -0.39 is 0 Å². The maximum Gasteiger partial charge on any atom is 0.231 e. The zero-order valence-corrected chi connectivity index (χ0v) is 12.8. The lowest BCUT2D eigenvalue weighted by molar-refractivity contribution is -0.119. The molecule has 1 aliphatic heterocycles. The summed E-state index contributed by atoms with van der Waals surface area (Å²) in [5, 5.41) is 0. The molecule has 1 unspecified atom stereocenters. The average Bonchev–Trinajstić information content (AvgIpc) is 2.37. The zero-order chi connectivity index (χ0) is 15.2. The number of morpholine rings is 1. The second kappa shape index (κ2) is 7.49. The molecule has 1 saturated heterocycles. The summed E-state index contributed by atoms with van der Waals surface area (Å²) in [6, 6.07) is 2.16. The average molecular weight is 292 g/mol. The molecule has 116 valence electrons. The number of hydrogen-bond donors (Lipinski definition) is 1. The van der Waals surface area contributed by atoms with Crippen LogP contribution in [-0.2, 0) is 16.1 Å². The van der Waals surface area contributed by atoms with E-state index in [0.29, 0.717) is 13.2 Å². The molecule has 0 spiro atoms. The van der Waals surface area contributed by atoms with Crippen molar-refractivity contribution in [3.05, 3.63) is 29.6 Å². The zero-order valence-electron chi connectivity index (χ0n) is 12.8. The Bertz CT molecular complexity index is 480. The Morgan fingerprint density at radius 3 is 3.10 bits per heavy atom. The predicted molar refractivity (Wildman–Crippen MR) is 80.7 cm³/mol. The van der Waals surface area contributed by atoms with E-state index in [1.807, 2.05) is 24.3 Å². The first-order valence-corrected chi connectivity index (χ1v) is 7.24. The van der Waals surface area contributed by atoms with E-state index in [0.717, 1.165) is 19.6 Å². The minimum absolute atomic E-state index is 0.112. The van der Waals surface area contributed by atoms with E-state index in [2.05, 4.69) is 22.9 Å². The Morgan fingerprint density at radius 1 is 1.57 bits per heavy atom. The highest BCUT2D eigenvalue weighted by Gasteiger charge is 2.22. The highest BCUT2D eigenvalue weighted by molar-refractivity contribution is 5.75. The molecular weight excluding hydrogens is 268 g/mol. The van der Waals surface area contributed by atoms with Crippen molar-refractivity contribution in [1.82, 2.24) is 14.8 Å². The minimum atomic E-state index is -0.309. The van der Waals surface area contributed by atoms with Gasteiger partial charge in [0.25, 0.3) is 0 Å². The summed E-state index contributed by atoms with van der Waals surface area (Å²) in [6.45, 7) is 6.41. The van der Waals surface area contributed by atoms with E-state index in [4.69, 9.17) is 10.5 Å². The molecule has 0 aromatic carbocycles. The van der Waals surface area contributed by atoms with Crippen LogP contribution in [0.5, 0.6) is 0 Å². The van der Waals surface area contributed by atoms with Crippen LogP contribution in [-0.4, -0.2) is 66.6 Å². The summed E-state index contributed by atoms with van der Waals surface area (Å²) in [4.78, 5) is 19.4. The number of primary amides is 1. The van der Waals surface area contributed by atoms with Crippen LogP contribution in [0.3, 0.4) is 0 Å². The van der Waals surface area contributed by atoms with Gasteiger partial charge in [-0.3, -0.25) is 19.6 Å². The number of amides is 1. The molecule has 0 radical (unpaired) electrons. The molecule has 6 heteroatoms. The van der Waals surface area contributed by atoms with Crippen LogP contribution in [0.4, 0.5) is 0 Å². The van der Waals surface area contributed by atoms with E-state index in [9.17, 15) is 4.79 Å². The molecule has 2 N–H and O–H groups in total. The number of nitrogens with zero attached hydrogens (tertiary/aromatic N) is 3. The first kappa shape index (κ1) is 15.9. The molecule has 0 bridgehead atoms. The fraction of sp³-hybridized carbons (Fsp3) is 0.600. The third-order valence-electron chi connectivity index (χ3n) is 3.50. The summed E-state index contributed by atoms with van der Waals surface area (Å²) in [7, 11) is 1.89. The van der Waals surface area contributed by atoms with Crippen molar-refractivity contribution in [2.75, 3.05) is 39.8 Å². The predicted octanol–water partition coefficient (Wildman–Crippen LogP) is 0.00792. The quantitative estimate of drug-likeness (QED) is 0.799. The number of aromatic nitrogens is 1. The Labute approximate surface area is 125 Å². The molecule has 1 aromatic heterocycles. The van der Waals surface area contributed by atoms with Crippen LogP contribution in [0.15, 0.2) is 18.5 Å². The Hall–Kier alpha value is -1.50. The lowest BCUT2D eigenvalue weighted by atomic mass is 10.2. The SMILES string of the molecule is Cc1cncc(CN2CCOC(CN(C)CC(N)=O)C2)c1. The second-order valence-electron chi connectivity index (χ2n) is 5.76. The topological polar surface area (TPSA) is 71.7 Å². The minimum Gasteiger partial charge on any atom is -0.374 e. The van der Waals surface area contributed by atoms with Gasteiger partial charge in [0.15, 0.2) is 0 Å². The molecule has 1 amide bonds. The van der Waals surface area contributed by atoms with E-state index in [1.54, 1.807) is 0 Å². The van der Waals surface area contributed by atoms with Crippen LogP contribution < -0.4 is 5.73 Å². The first-order chi connectivity index (χ1) is 10.0. The van der Waals surface area contributed by atoms with Crippen molar-refractivity contribution in [3.8, 4) is 0 Å². The second-order valence-corrected chi connectivity index (χ2v) is 5.76. The number of nitrogens with two attached hydrogens (primary N) is 1. The number of aryl methyl sites for hydroxylation is 1. The van der Waals surface area contributed by atoms with Crippen LogP contribution >= 0.6 is 0 Å². The maximum atomic E-state index is 10.9. The number of ether oxygens (including phenoxy) is 1. The Balaban J connectivity index is 1.84. The summed E-state index contributed by atoms with van der Waals surface area (Å²) in [6.07, 6.45) is 3.89. The fourth-order valence-corrected chi connectivity index (χ4v) is 2.67. The molecule has 1 atom stereocenters. The molecule has 1 fully saturated rings. The first-order valence-electron chi connectivity index (χ1n) is 7.24. The fourth-order valence-electron chi connectivity index (χ4n) is 2.67. The van der Waals surface area contributed by atoms with Crippen molar-refractivity contribution in [2.24, 2.45) is 5.73 Å². The number of hydrogen-bond acceptors (Lipinski definition) is 5. The lowest BCUT2D eigenvalue weighted by Crippen LogP contribution is -2.47. The highest BCUT2D eigenvalue weighted by atomic mass is 16.5. The van der Waals surface area contributed by atoms with Crippen LogP contribution in [0, 0.1) is 6.92 Å². The van der Waals surface area contributed by atoms with Crippen LogP contribution in [0.25, 0.3) is 0 Å². The molecule has 0 aliphatic carbocycles. The molecule has 21 heavy (non-hydrogen) atoms. The molecular formula is C15H24N4O2. The molecule has 2 rings (SSSR count). The molecule has 0 saturated carbocycles. The smallest absolute Gasteiger partial charge is 0.231 e. The number of likely N-dealkylation sites (N-methyl/N-ethyl adjacent to an activating group) is 1. The van der Waals surface area contributed by atoms with Crippen LogP contribution in [0.1, 0.15) is 11.1 Å². The molecule has 1 aliphatic rings. The Morgan fingerprint density at radius 2 is 2.38 bits per heavy atom. The van der Waals surface area contributed by atoms with Gasteiger partial charge in [0.05, 0.1) is 19.3 Å². The van der Waals surface area contributed by atoms with Crippen molar-refractivity contribution in [2.45, 2.75) is 19.6 Å². The molecule has 6 nitrogen and oxygen atoms in total. The van der Waals surface area contributed by atoms with Gasteiger partial charge >= 0.3 is 0 Å². The van der Waals surface area contributed by atoms with Crippen LogP contribution in [0.2, 0.25) is 0 Å².